The van der Waals surface area contributed by atoms with Crippen molar-refractivity contribution >= 4 is 25.5 Å². The highest BCUT2D eigenvalue weighted by Crippen LogP contribution is 2.40. The fourth-order valence-corrected chi connectivity index (χ4v) is 6.04. The van der Waals surface area contributed by atoms with Crippen LogP contribution in [0.1, 0.15) is 48.1 Å². The van der Waals surface area contributed by atoms with E-state index in [0.717, 1.165) is 55.9 Å². The highest BCUT2D eigenvalue weighted by atomic mass is 32.1. The second-order valence-corrected chi connectivity index (χ2v) is 16.0. The molecule has 190 valence electrons. The van der Waals surface area contributed by atoms with Gasteiger partial charge in [-0.3, -0.25) is 0 Å². The maximum absolute atomic E-state index is 13.6. The SMILES string of the molecule is C[Si](C)(C)C#Cc1csc(C2(NCC(O)C(Cc3cc(F)cc(F)c3)NC(=O)O)CCCCC2)c1. The zero-order valence-electron chi connectivity index (χ0n) is 20.5. The molecule has 0 saturated heterocycles. The number of benzene rings is 1. The minimum absolute atomic E-state index is 0.0355. The van der Waals surface area contributed by atoms with E-state index >= 15 is 0 Å². The highest BCUT2D eigenvalue weighted by molar-refractivity contribution is 7.10. The van der Waals surface area contributed by atoms with Crippen molar-refractivity contribution in [2.24, 2.45) is 0 Å². The predicted octanol–water partition coefficient (Wildman–Crippen LogP) is 5.24. The third-order valence-electron chi connectivity index (χ3n) is 6.16. The molecule has 5 nitrogen and oxygen atoms in total. The Hall–Kier alpha value is -2.25. The molecule has 1 saturated carbocycles. The lowest BCUT2D eigenvalue weighted by Gasteiger charge is -2.39. The van der Waals surface area contributed by atoms with Gasteiger partial charge in [-0.2, -0.15) is 0 Å². The summed E-state index contributed by atoms with van der Waals surface area (Å²) in [7, 11) is -1.49. The van der Waals surface area contributed by atoms with E-state index < -0.39 is 37.9 Å². The quantitative estimate of drug-likeness (QED) is 0.283. The molecular formula is C26H34F2N2O3SSi. The van der Waals surface area contributed by atoms with E-state index in [1.165, 1.54) is 4.88 Å². The number of hydrogen-bond donors (Lipinski definition) is 4. The van der Waals surface area contributed by atoms with Crippen molar-refractivity contribution in [2.75, 3.05) is 6.54 Å². The Morgan fingerprint density at radius 2 is 1.80 bits per heavy atom. The maximum atomic E-state index is 13.6. The molecule has 9 heteroatoms. The zero-order chi connectivity index (χ0) is 25.6. The van der Waals surface area contributed by atoms with Gasteiger partial charge in [0.2, 0.25) is 0 Å². The third-order valence-corrected chi connectivity index (χ3v) is 8.17. The van der Waals surface area contributed by atoms with Crippen molar-refractivity contribution in [1.29, 1.82) is 0 Å². The molecule has 0 aliphatic heterocycles. The molecule has 2 unspecified atom stereocenters. The van der Waals surface area contributed by atoms with Crippen molar-refractivity contribution in [1.82, 2.24) is 10.6 Å². The Labute approximate surface area is 211 Å². The summed E-state index contributed by atoms with van der Waals surface area (Å²) >= 11 is 1.66. The number of hydrogen-bond acceptors (Lipinski definition) is 4. The van der Waals surface area contributed by atoms with Crippen molar-refractivity contribution in [3.05, 3.63) is 57.3 Å². The normalized spacial score (nSPS) is 17.2. The monoisotopic (exact) mass is 520 g/mol. The van der Waals surface area contributed by atoms with Crippen LogP contribution >= 0.6 is 11.3 Å². The molecule has 0 bridgehead atoms. The molecule has 1 aliphatic rings. The Bertz CT molecular complexity index is 1060. The standard InChI is InChI=1S/C26H34F2N2O3SSi/c1-35(2,3)10-7-18-14-24(34-17-18)26(8-5-4-6-9-26)29-16-23(31)22(30-25(32)33)13-19-11-20(27)15-21(28)12-19/h11-12,14-15,17,22-23,29-31H,4-6,8-9,13,16H2,1-3H3,(H,32,33). The lowest BCUT2D eigenvalue weighted by Crippen LogP contribution is -2.53. The zero-order valence-corrected chi connectivity index (χ0v) is 22.3. The van der Waals surface area contributed by atoms with Crippen LogP contribution in [0.3, 0.4) is 0 Å². The summed E-state index contributed by atoms with van der Waals surface area (Å²) in [5, 5.41) is 28.1. The van der Waals surface area contributed by atoms with Crippen LogP contribution in [0.4, 0.5) is 13.6 Å². The summed E-state index contributed by atoms with van der Waals surface area (Å²) < 4.78 is 27.3. The number of nitrogens with one attached hydrogen (secondary N) is 2. The lowest BCUT2D eigenvalue weighted by molar-refractivity contribution is 0.101. The predicted molar refractivity (Wildman–Crippen MR) is 138 cm³/mol. The average Bonchev–Trinajstić information content (AvgIpc) is 3.25. The summed E-state index contributed by atoms with van der Waals surface area (Å²) in [5.74, 6) is 1.83. The van der Waals surface area contributed by atoms with Gasteiger partial charge in [0.15, 0.2) is 0 Å². The van der Waals surface area contributed by atoms with E-state index in [1.54, 1.807) is 11.3 Å². The summed E-state index contributed by atoms with van der Waals surface area (Å²) in [4.78, 5) is 12.5. The van der Waals surface area contributed by atoms with Crippen molar-refractivity contribution in [2.45, 2.75) is 75.9 Å². The Morgan fingerprint density at radius 3 is 2.40 bits per heavy atom. The Balaban J connectivity index is 1.77. The Morgan fingerprint density at radius 1 is 1.14 bits per heavy atom. The van der Waals surface area contributed by atoms with E-state index in [2.05, 4.69) is 53.2 Å². The molecule has 35 heavy (non-hydrogen) atoms. The van der Waals surface area contributed by atoms with Crippen LogP contribution in [0.5, 0.6) is 0 Å². The molecule has 3 rings (SSSR count). The van der Waals surface area contributed by atoms with Gasteiger partial charge >= 0.3 is 6.09 Å². The van der Waals surface area contributed by atoms with E-state index in [9.17, 15) is 23.8 Å². The molecular weight excluding hydrogens is 486 g/mol. The van der Waals surface area contributed by atoms with Gasteiger partial charge in [0.05, 0.1) is 17.7 Å². The Kier molecular flexibility index (Phi) is 9.10. The first kappa shape index (κ1) is 27.3. The van der Waals surface area contributed by atoms with Gasteiger partial charge in [-0.05, 0) is 43.0 Å². The van der Waals surface area contributed by atoms with Crippen LogP contribution in [0.15, 0.2) is 29.6 Å². The molecule has 1 aliphatic carbocycles. The molecule has 1 fully saturated rings. The highest BCUT2D eigenvalue weighted by Gasteiger charge is 2.36. The van der Waals surface area contributed by atoms with Crippen LogP contribution in [0.25, 0.3) is 0 Å². The van der Waals surface area contributed by atoms with E-state index in [-0.39, 0.29) is 24.1 Å². The minimum Gasteiger partial charge on any atom is -0.465 e. The van der Waals surface area contributed by atoms with Crippen LogP contribution < -0.4 is 10.6 Å². The van der Waals surface area contributed by atoms with E-state index in [1.807, 2.05) is 0 Å². The number of carboxylic acid groups (broad SMARTS) is 1. The largest absolute Gasteiger partial charge is 0.465 e. The summed E-state index contributed by atoms with van der Waals surface area (Å²) in [6.45, 7) is 6.76. The molecule has 2 aromatic rings. The molecule has 4 N–H and O–H groups in total. The first-order valence-corrected chi connectivity index (χ1v) is 16.3. The first-order chi connectivity index (χ1) is 16.5. The summed E-state index contributed by atoms with van der Waals surface area (Å²) in [6.07, 6.45) is 2.64. The molecule has 1 aromatic heterocycles. The van der Waals surface area contributed by atoms with Crippen LogP contribution in [-0.2, 0) is 12.0 Å². The van der Waals surface area contributed by atoms with Gasteiger partial charge in [-0.25, -0.2) is 13.6 Å². The van der Waals surface area contributed by atoms with Gasteiger partial charge in [0.25, 0.3) is 0 Å². The second kappa shape index (κ2) is 11.7. The van der Waals surface area contributed by atoms with E-state index in [4.69, 9.17) is 0 Å². The third kappa shape index (κ3) is 8.14. The topological polar surface area (TPSA) is 81.6 Å². The minimum atomic E-state index is -1.49. The smallest absolute Gasteiger partial charge is 0.404 e. The average molecular weight is 521 g/mol. The van der Waals surface area contributed by atoms with Gasteiger partial charge in [0, 0.05) is 28.4 Å². The van der Waals surface area contributed by atoms with Crippen LogP contribution in [0.2, 0.25) is 19.6 Å². The fourth-order valence-electron chi connectivity index (χ4n) is 4.44. The van der Waals surface area contributed by atoms with Crippen LogP contribution in [-0.4, -0.2) is 43.1 Å². The van der Waals surface area contributed by atoms with Gasteiger partial charge in [0.1, 0.15) is 19.7 Å². The number of aliphatic hydroxyl groups excluding tert-OH is 1. The summed E-state index contributed by atoms with van der Waals surface area (Å²) in [5.41, 5.74) is 4.35. The molecule has 2 atom stereocenters. The van der Waals surface area contributed by atoms with Crippen molar-refractivity contribution < 1.29 is 23.8 Å². The van der Waals surface area contributed by atoms with Crippen molar-refractivity contribution in [3.8, 4) is 11.5 Å². The van der Waals surface area contributed by atoms with Gasteiger partial charge in [-0.15, -0.1) is 16.9 Å². The van der Waals surface area contributed by atoms with Gasteiger partial charge in [-0.1, -0.05) is 44.8 Å². The molecule has 1 heterocycles. The fraction of sp³-hybridized carbons (Fsp3) is 0.500. The molecule has 1 aromatic carbocycles. The molecule has 0 radical (unpaired) electrons. The number of amides is 1. The lowest BCUT2D eigenvalue weighted by atomic mass is 9.80. The summed E-state index contributed by atoms with van der Waals surface area (Å²) in [6, 6.07) is 4.26. The number of rotatable bonds is 8. The first-order valence-electron chi connectivity index (χ1n) is 12.0. The van der Waals surface area contributed by atoms with Crippen LogP contribution in [0, 0.1) is 23.1 Å². The van der Waals surface area contributed by atoms with Crippen molar-refractivity contribution in [3.63, 3.8) is 0 Å². The maximum Gasteiger partial charge on any atom is 0.404 e. The number of aliphatic hydroxyl groups is 1. The number of halogens is 2. The number of carbonyl (C=O) groups is 1. The molecule has 0 spiro atoms. The molecule has 1 amide bonds. The number of thiophene rings is 1. The second-order valence-electron chi connectivity index (χ2n) is 10.3. The van der Waals surface area contributed by atoms with E-state index in [0.29, 0.717) is 0 Å². The van der Waals surface area contributed by atoms with Gasteiger partial charge < -0.3 is 20.8 Å².